The van der Waals surface area contributed by atoms with E-state index in [1.54, 1.807) is 25.1 Å². The summed E-state index contributed by atoms with van der Waals surface area (Å²) in [6.45, 7) is 4.60. The third kappa shape index (κ3) is 4.51. The van der Waals surface area contributed by atoms with Crippen LogP contribution in [0.3, 0.4) is 0 Å². The first-order valence-corrected chi connectivity index (χ1v) is 6.71. The van der Waals surface area contributed by atoms with E-state index < -0.39 is 5.54 Å². The van der Waals surface area contributed by atoms with Crippen LogP contribution < -0.4 is 10.1 Å². The highest BCUT2D eigenvalue weighted by molar-refractivity contribution is 5.80. The molecular weight excluding hydrogens is 258 g/mol. The minimum atomic E-state index is -0.889. The predicted molar refractivity (Wildman–Crippen MR) is 76.6 cm³/mol. The summed E-state index contributed by atoms with van der Waals surface area (Å²) in [5.74, 6) is 0.259. The Bertz CT molecular complexity index is 436. The second-order valence-electron chi connectivity index (χ2n) is 4.84. The van der Waals surface area contributed by atoms with Crippen molar-refractivity contribution in [1.82, 2.24) is 5.32 Å². The normalized spacial score (nSPS) is 13.6. The van der Waals surface area contributed by atoms with Crippen molar-refractivity contribution >= 4 is 5.97 Å². The van der Waals surface area contributed by atoms with Gasteiger partial charge in [-0.1, -0.05) is 19.1 Å². The number of esters is 1. The summed E-state index contributed by atoms with van der Waals surface area (Å²) in [4.78, 5) is 11.9. The van der Waals surface area contributed by atoms with E-state index in [0.717, 1.165) is 12.0 Å². The molecule has 0 aromatic heterocycles. The maximum Gasteiger partial charge on any atom is 0.329 e. The van der Waals surface area contributed by atoms with Gasteiger partial charge in [-0.05, 0) is 37.6 Å². The summed E-state index contributed by atoms with van der Waals surface area (Å²) in [5.41, 5.74) is -0.122. The van der Waals surface area contributed by atoms with E-state index >= 15 is 0 Å². The van der Waals surface area contributed by atoms with Crippen LogP contribution in [0.1, 0.15) is 25.8 Å². The molecule has 0 aliphatic rings. The fraction of sp³-hybridized carbons (Fsp3) is 0.533. The Kier molecular flexibility index (Phi) is 6.48. The van der Waals surface area contributed by atoms with E-state index in [1.165, 1.54) is 7.11 Å². The summed E-state index contributed by atoms with van der Waals surface area (Å²) in [6, 6.07) is 7.14. The highest BCUT2D eigenvalue weighted by Crippen LogP contribution is 2.16. The predicted octanol–water partition coefficient (Wildman–Crippen LogP) is 1.49. The van der Waals surface area contributed by atoms with Gasteiger partial charge in [-0.25, -0.2) is 4.79 Å². The fourth-order valence-corrected chi connectivity index (χ4v) is 1.77. The van der Waals surface area contributed by atoms with Crippen LogP contribution in [0.4, 0.5) is 0 Å². The average Bonchev–Trinajstić information content (AvgIpc) is 2.50. The van der Waals surface area contributed by atoms with Crippen LogP contribution in [0, 0.1) is 0 Å². The van der Waals surface area contributed by atoms with E-state index in [0.29, 0.717) is 12.3 Å². The fourth-order valence-electron chi connectivity index (χ4n) is 1.77. The first kappa shape index (κ1) is 16.5. The Labute approximate surface area is 119 Å². The third-order valence-electron chi connectivity index (χ3n) is 3.01. The zero-order chi connectivity index (χ0) is 15.0. The number of hydrogen-bond acceptors (Lipinski definition) is 5. The lowest BCUT2D eigenvalue weighted by atomic mass is 10.0. The maximum atomic E-state index is 11.9. The molecule has 5 heteroatoms. The zero-order valence-electron chi connectivity index (χ0n) is 12.3. The molecule has 1 aromatic rings. The molecule has 0 heterocycles. The Hall–Kier alpha value is -1.59. The summed E-state index contributed by atoms with van der Waals surface area (Å²) in [6.07, 6.45) is 0.909. The van der Waals surface area contributed by atoms with Crippen molar-refractivity contribution in [2.75, 3.05) is 20.3 Å². The molecule has 0 saturated heterocycles. The van der Waals surface area contributed by atoms with E-state index in [1.807, 2.05) is 13.0 Å². The van der Waals surface area contributed by atoms with Gasteiger partial charge in [-0.15, -0.1) is 0 Å². The van der Waals surface area contributed by atoms with Crippen molar-refractivity contribution in [3.8, 4) is 5.75 Å². The molecule has 1 unspecified atom stereocenters. The number of methoxy groups -OCH3 is 1. The van der Waals surface area contributed by atoms with Gasteiger partial charge in [0.15, 0.2) is 0 Å². The summed E-state index contributed by atoms with van der Waals surface area (Å²) in [5, 5.41) is 12.2. The monoisotopic (exact) mass is 281 g/mol. The lowest BCUT2D eigenvalue weighted by Gasteiger charge is -2.27. The van der Waals surface area contributed by atoms with Gasteiger partial charge in [0.25, 0.3) is 0 Å². The van der Waals surface area contributed by atoms with Gasteiger partial charge >= 0.3 is 5.97 Å². The van der Waals surface area contributed by atoms with Crippen LogP contribution in [-0.4, -0.2) is 36.9 Å². The van der Waals surface area contributed by atoms with Gasteiger partial charge in [0.1, 0.15) is 17.9 Å². The number of aliphatic hydroxyl groups is 1. The molecular formula is C15H23NO4. The van der Waals surface area contributed by atoms with Crippen molar-refractivity contribution in [3.63, 3.8) is 0 Å². The molecule has 5 nitrogen and oxygen atoms in total. The number of nitrogens with one attached hydrogen (secondary N) is 1. The lowest BCUT2D eigenvalue weighted by Crippen LogP contribution is -2.54. The van der Waals surface area contributed by atoms with E-state index in [2.05, 4.69) is 5.32 Å². The van der Waals surface area contributed by atoms with E-state index in [-0.39, 0.29) is 19.2 Å². The first-order chi connectivity index (χ1) is 9.55. The zero-order valence-corrected chi connectivity index (χ0v) is 12.3. The maximum absolute atomic E-state index is 11.9. The molecule has 0 radical (unpaired) electrons. The van der Waals surface area contributed by atoms with Crippen LogP contribution in [-0.2, 0) is 16.1 Å². The molecule has 1 atom stereocenters. The Morgan fingerprint density at radius 3 is 2.80 bits per heavy atom. The number of benzene rings is 1. The van der Waals surface area contributed by atoms with Crippen molar-refractivity contribution < 1.29 is 19.4 Å². The van der Waals surface area contributed by atoms with Gasteiger partial charge in [-0.2, -0.15) is 0 Å². The molecule has 0 spiro atoms. The van der Waals surface area contributed by atoms with Gasteiger partial charge in [-0.3, -0.25) is 5.32 Å². The number of rotatable bonds is 8. The van der Waals surface area contributed by atoms with Crippen molar-refractivity contribution in [2.45, 2.75) is 32.4 Å². The second-order valence-corrected chi connectivity index (χ2v) is 4.84. The van der Waals surface area contributed by atoms with Gasteiger partial charge in [0.2, 0.25) is 0 Å². The molecule has 0 bridgehead atoms. The molecule has 112 valence electrons. The number of ether oxygens (including phenoxy) is 2. The number of aliphatic hydroxyl groups excluding tert-OH is 1. The summed E-state index contributed by atoms with van der Waals surface area (Å²) >= 11 is 0. The standard InChI is InChI=1S/C15H23NO4/c1-4-8-16-15(2,14(18)19-3)11-20-13-7-5-6-12(9-13)10-17/h5-7,9,16-17H,4,8,10-11H2,1-3H3. The Morgan fingerprint density at radius 2 is 2.20 bits per heavy atom. The van der Waals surface area contributed by atoms with Gasteiger partial charge in [0, 0.05) is 0 Å². The number of carbonyl (C=O) groups excluding carboxylic acids is 1. The minimum absolute atomic E-state index is 0.0421. The largest absolute Gasteiger partial charge is 0.491 e. The van der Waals surface area contributed by atoms with Crippen LogP contribution in [0.25, 0.3) is 0 Å². The van der Waals surface area contributed by atoms with E-state index in [4.69, 9.17) is 14.6 Å². The molecule has 0 fully saturated rings. The van der Waals surface area contributed by atoms with Crippen molar-refractivity contribution in [3.05, 3.63) is 29.8 Å². The molecule has 1 rings (SSSR count). The van der Waals surface area contributed by atoms with Gasteiger partial charge in [0.05, 0.1) is 13.7 Å². The Morgan fingerprint density at radius 1 is 1.45 bits per heavy atom. The van der Waals surface area contributed by atoms with Crippen LogP contribution in [0.5, 0.6) is 5.75 Å². The smallest absolute Gasteiger partial charge is 0.329 e. The Balaban J connectivity index is 2.72. The summed E-state index contributed by atoms with van der Waals surface area (Å²) < 4.78 is 10.5. The van der Waals surface area contributed by atoms with Crippen molar-refractivity contribution in [1.29, 1.82) is 0 Å². The molecule has 0 amide bonds. The molecule has 20 heavy (non-hydrogen) atoms. The number of carbonyl (C=O) groups is 1. The third-order valence-corrected chi connectivity index (χ3v) is 3.01. The summed E-state index contributed by atoms with van der Waals surface area (Å²) in [7, 11) is 1.36. The highest BCUT2D eigenvalue weighted by Gasteiger charge is 2.34. The number of hydrogen-bond donors (Lipinski definition) is 2. The van der Waals surface area contributed by atoms with E-state index in [9.17, 15) is 4.79 Å². The second kappa shape index (κ2) is 7.87. The molecule has 0 aliphatic heterocycles. The molecule has 0 saturated carbocycles. The molecule has 0 aliphatic carbocycles. The van der Waals surface area contributed by atoms with Crippen LogP contribution in [0.15, 0.2) is 24.3 Å². The van der Waals surface area contributed by atoms with Crippen molar-refractivity contribution in [2.24, 2.45) is 0 Å². The van der Waals surface area contributed by atoms with Gasteiger partial charge < -0.3 is 14.6 Å². The topological polar surface area (TPSA) is 67.8 Å². The molecule has 1 aromatic carbocycles. The average molecular weight is 281 g/mol. The minimum Gasteiger partial charge on any atom is -0.491 e. The SMILES string of the molecule is CCCNC(C)(COc1cccc(CO)c1)C(=O)OC. The van der Waals surface area contributed by atoms with Crippen LogP contribution >= 0.6 is 0 Å². The lowest BCUT2D eigenvalue weighted by molar-refractivity contribution is -0.149. The quantitative estimate of drug-likeness (QED) is 0.707. The van der Waals surface area contributed by atoms with Crippen LogP contribution in [0.2, 0.25) is 0 Å². The highest BCUT2D eigenvalue weighted by atomic mass is 16.5. The first-order valence-electron chi connectivity index (χ1n) is 6.71. The molecule has 2 N–H and O–H groups in total.